The van der Waals surface area contributed by atoms with Crippen LogP contribution in [0.25, 0.3) is 0 Å². The Kier molecular flexibility index (Phi) is 3.47. The summed E-state index contributed by atoms with van der Waals surface area (Å²) in [6, 6.07) is 5.47. The molecule has 2 unspecified atom stereocenters. The molecular weight excluding hydrogens is 261 g/mol. The number of sulfonamides is 1. The molecule has 0 aliphatic carbocycles. The molecule has 0 saturated carbocycles. The Balaban J connectivity index is 2.34. The number of alkyl halides is 1. The van der Waals surface area contributed by atoms with Gasteiger partial charge in [0.1, 0.15) is 18.6 Å². The summed E-state index contributed by atoms with van der Waals surface area (Å²) in [7, 11) is -3.86. The summed E-state index contributed by atoms with van der Waals surface area (Å²) < 4.78 is 38.3. The van der Waals surface area contributed by atoms with E-state index in [9.17, 15) is 22.7 Å². The number of β-amino-alcohol motifs (C(OH)–C–C–N with tert-alkyl or cyclic N) is 1. The Labute approximate surface area is 104 Å². The molecule has 5 nitrogen and oxygen atoms in total. The first-order valence-electron chi connectivity index (χ1n) is 5.32. The Morgan fingerprint density at radius 2 is 2.11 bits per heavy atom. The fraction of sp³-hybridized carbons (Fsp3) is 0.364. The maximum Gasteiger partial charge on any atom is 0.243 e. The highest BCUT2D eigenvalue weighted by Crippen LogP contribution is 2.23. The summed E-state index contributed by atoms with van der Waals surface area (Å²) in [5.41, 5.74) is 0.229. The highest BCUT2D eigenvalue weighted by molar-refractivity contribution is 7.89. The van der Waals surface area contributed by atoms with Crippen LogP contribution < -0.4 is 0 Å². The summed E-state index contributed by atoms with van der Waals surface area (Å²) in [6.45, 7) is -0.635. The van der Waals surface area contributed by atoms with E-state index < -0.39 is 22.3 Å². The Morgan fingerprint density at radius 3 is 2.67 bits per heavy atom. The molecule has 18 heavy (non-hydrogen) atoms. The highest BCUT2D eigenvalue weighted by Gasteiger charge is 2.38. The van der Waals surface area contributed by atoms with Crippen molar-refractivity contribution in [2.45, 2.75) is 17.2 Å². The second-order valence-electron chi connectivity index (χ2n) is 4.10. The molecule has 1 fully saturated rings. The fourth-order valence-corrected chi connectivity index (χ4v) is 3.33. The number of carbonyl (C=O) groups excluding carboxylic acids is 1. The lowest BCUT2D eigenvalue weighted by atomic mass is 10.2. The summed E-state index contributed by atoms with van der Waals surface area (Å²) in [5, 5.41) is 9.24. The third-order valence-electron chi connectivity index (χ3n) is 2.82. The first-order valence-corrected chi connectivity index (χ1v) is 6.76. The van der Waals surface area contributed by atoms with Gasteiger partial charge in [0.25, 0.3) is 0 Å². The van der Waals surface area contributed by atoms with Crippen molar-refractivity contribution < 1.29 is 22.7 Å². The van der Waals surface area contributed by atoms with Crippen LogP contribution in [0, 0.1) is 0 Å². The quantitative estimate of drug-likeness (QED) is 0.798. The van der Waals surface area contributed by atoms with E-state index in [0.29, 0.717) is 6.29 Å². The second-order valence-corrected chi connectivity index (χ2v) is 6.03. The van der Waals surface area contributed by atoms with Gasteiger partial charge in [-0.1, -0.05) is 12.1 Å². The first kappa shape index (κ1) is 13.1. The number of aldehydes is 1. The molecule has 1 N–H and O–H groups in total. The smallest absolute Gasteiger partial charge is 0.243 e. The molecule has 1 aliphatic rings. The fourth-order valence-electron chi connectivity index (χ4n) is 1.81. The largest absolute Gasteiger partial charge is 0.389 e. The summed E-state index contributed by atoms with van der Waals surface area (Å²) in [6.07, 6.45) is -2.33. The van der Waals surface area contributed by atoms with E-state index in [0.717, 1.165) is 4.31 Å². The van der Waals surface area contributed by atoms with E-state index in [1.165, 1.54) is 24.3 Å². The van der Waals surface area contributed by atoms with Gasteiger partial charge >= 0.3 is 0 Å². The number of aliphatic hydroxyl groups is 1. The highest BCUT2D eigenvalue weighted by atomic mass is 32.2. The van der Waals surface area contributed by atoms with E-state index in [2.05, 4.69) is 0 Å². The lowest BCUT2D eigenvalue weighted by Gasteiger charge is -2.15. The van der Waals surface area contributed by atoms with Gasteiger partial charge in [-0.05, 0) is 12.1 Å². The van der Waals surface area contributed by atoms with Gasteiger partial charge in [-0.2, -0.15) is 4.31 Å². The zero-order valence-corrected chi connectivity index (χ0v) is 10.2. The van der Waals surface area contributed by atoms with E-state index in [-0.39, 0.29) is 23.5 Å². The van der Waals surface area contributed by atoms with Gasteiger partial charge in [-0.15, -0.1) is 0 Å². The van der Waals surface area contributed by atoms with Crippen molar-refractivity contribution in [2.24, 2.45) is 0 Å². The normalized spacial score (nSPS) is 25.2. The number of nitrogens with zero attached hydrogens (tertiary/aromatic N) is 1. The van der Waals surface area contributed by atoms with Crippen LogP contribution in [0.1, 0.15) is 10.4 Å². The van der Waals surface area contributed by atoms with E-state index in [1.807, 2.05) is 0 Å². The predicted octanol–water partition coefficient (Wildman–Crippen LogP) is 0.202. The van der Waals surface area contributed by atoms with Crippen LogP contribution in [0.3, 0.4) is 0 Å². The summed E-state index contributed by atoms with van der Waals surface area (Å²) >= 11 is 0. The van der Waals surface area contributed by atoms with Gasteiger partial charge in [0, 0.05) is 18.7 Å². The second kappa shape index (κ2) is 4.75. The minimum Gasteiger partial charge on any atom is -0.389 e. The lowest BCUT2D eigenvalue weighted by Crippen LogP contribution is -2.29. The van der Waals surface area contributed by atoms with Crippen molar-refractivity contribution >= 4 is 16.3 Å². The van der Waals surface area contributed by atoms with Crippen molar-refractivity contribution in [2.75, 3.05) is 13.1 Å². The number of halogens is 1. The average Bonchev–Trinajstić information content (AvgIpc) is 2.70. The molecule has 1 heterocycles. The maximum atomic E-state index is 13.1. The summed E-state index contributed by atoms with van der Waals surface area (Å²) in [5.74, 6) is 0. The molecule has 1 aliphatic heterocycles. The molecule has 0 bridgehead atoms. The van der Waals surface area contributed by atoms with Gasteiger partial charge in [0.05, 0.1) is 4.90 Å². The van der Waals surface area contributed by atoms with E-state index in [4.69, 9.17) is 0 Å². The van der Waals surface area contributed by atoms with E-state index in [1.54, 1.807) is 0 Å². The van der Waals surface area contributed by atoms with Crippen LogP contribution in [0.2, 0.25) is 0 Å². The molecule has 0 aromatic heterocycles. The number of carbonyl (C=O) groups is 1. The third-order valence-corrected chi connectivity index (χ3v) is 4.65. The number of rotatable bonds is 3. The third kappa shape index (κ3) is 2.29. The zero-order valence-electron chi connectivity index (χ0n) is 9.36. The van der Waals surface area contributed by atoms with Crippen molar-refractivity contribution in [1.29, 1.82) is 0 Å². The number of hydrogen-bond donors (Lipinski definition) is 1. The molecule has 98 valence electrons. The predicted molar refractivity (Wildman–Crippen MR) is 61.5 cm³/mol. The molecule has 7 heteroatoms. The van der Waals surface area contributed by atoms with Crippen LogP contribution in [0.4, 0.5) is 4.39 Å². The van der Waals surface area contributed by atoms with Crippen molar-refractivity contribution in [3.63, 3.8) is 0 Å². The SMILES string of the molecule is O=Cc1cccc(S(=O)(=O)N2CC(O)C(F)C2)c1. The zero-order chi connectivity index (χ0) is 13.3. The first-order chi connectivity index (χ1) is 8.45. The van der Waals surface area contributed by atoms with Crippen LogP contribution >= 0.6 is 0 Å². The molecule has 1 saturated heterocycles. The van der Waals surface area contributed by atoms with Crippen molar-refractivity contribution in [1.82, 2.24) is 4.31 Å². The Morgan fingerprint density at radius 1 is 1.39 bits per heavy atom. The minimum atomic E-state index is -3.86. The van der Waals surface area contributed by atoms with Gasteiger partial charge in [-0.25, -0.2) is 12.8 Å². The van der Waals surface area contributed by atoms with Crippen molar-refractivity contribution in [3.05, 3.63) is 29.8 Å². The molecule has 2 atom stereocenters. The minimum absolute atomic E-state index is 0.0756. The Bertz CT molecular complexity index is 550. The molecule has 0 radical (unpaired) electrons. The number of hydrogen-bond acceptors (Lipinski definition) is 4. The average molecular weight is 273 g/mol. The molecule has 0 spiro atoms. The number of aliphatic hydroxyl groups excluding tert-OH is 1. The van der Waals surface area contributed by atoms with Crippen molar-refractivity contribution in [3.8, 4) is 0 Å². The Hall–Kier alpha value is -1.31. The molecule has 2 rings (SSSR count). The van der Waals surface area contributed by atoms with Crippen LogP contribution in [-0.2, 0) is 10.0 Å². The maximum absolute atomic E-state index is 13.1. The number of benzene rings is 1. The molecule has 1 aromatic carbocycles. The van der Waals surface area contributed by atoms with Gasteiger partial charge in [-0.3, -0.25) is 4.79 Å². The van der Waals surface area contributed by atoms with Crippen LogP contribution in [0.5, 0.6) is 0 Å². The van der Waals surface area contributed by atoms with E-state index >= 15 is 0 Å². The standard InChI is InChI=1S/C11H12FNO4S/c12-10-5-13(6-11(10)15)18(16,17)9-3-1-2-8(4-9)7-14/h1-4,7,10-11,15H,5-6H2. The molecular formula is C11H12FNO4S. The van der Waals surface area contributed by atoms with Gasteiger partial charge < -0.3 is 5.11 Å². The topological polar surface area (TPSA) is 74.7 Å². The summed E-state index contributed by atoms with van der Waals surface area (Å²) in [4.78, 5) is 10.5. The van der Waals surface area contributed by atoms with Gasteiger partial charge in [0.2, 0.25) is 10.0 Å². The molecule has 1 aromatic rings. The molecule has 0 amide bonds. The lowest BCUT2D eigenvalue weighted by molar-refractivity contribution is 0.112. The van der Waals surface area contributed by atoms with Gasteiger partial charge in [0.15, 0.2) is 0 Å². The van der Waals surface area contributed by atoms with Crippen LogP contribution in [0.15, 0.2) is 29.2 Å². The van der Waals surface area contributed by atoms with Crippen LogP contribution in [-0.4, -0.2) is 49.5 Å². The monoisotopic (exact) mass is 273 g/mol.